The molecule has 1 aromatic heterocycles. The zero-order valence-electron chi connectivity index (χ0n) is 8.05. The van der Waals surface area contributed by atoms with Crippen LogP contribution in [0.5, 0.6) is 0 Å². The minimum atomic E-state index is -0.315. The van der Waals surface area contributed by atoms with E-state index in [-0.39, 0.29) is 6.10 Å². The summed E-state index contributed by atoms with van der Waals surface area (Å²) in [4.78, 5) is 4.07. The summed E-state index contributed by atoms with van der Waals surface area (Å²) in [6.45, 7) is 0. The smallest absolute Gasteiger partial charge is 0.261 e. The highest BCUT2D eigenvalue weighted by Crippen LogP contribution is 2.24. The van der Waals surface area contributed by atoms with Crippen LogP contribution in [0.2, 0.25) is 0 Å². The predicted octanol–water partition coefficient (Wildman–Crippen LogP) is 2.57. The van der Waals surface area contributed by atoms with Gasteiger partial charge in [-0.2, -0.15) is 4.98 Å². The fourth-order valence-corrected chi connectivity index (χ4v) is 1.58. The Hall–Kier alpha value is -1.20. The number of hydrogen-bond donors (Lipinski definition) is 0. The fourth-order valence-electron chi connectivity index (χ4n) is 1.33. The molecular formula is C10H9BrN2O2. The molecule has 0 aliphatic rings. The monoisotopic (exact) mass is 268 g/mol. The maximum Gasteiger partial charge on any atom is 0.261 e. The van der Waals surface area contributed by atoms with Crippen molar-refractivity contribution in [2.45, 2.75) is 6.10 Å². The Labute approximate surface area is 95.4 Å². The molecule has 2 rings (SSSR count). The van der Waals surface area contributed by atoms with Crippen LogP contribution in [0, 0.1) is 0 Å². The largest absolute Gasteiger partial charge is 0.367 e. The number of ether oxygens (including phenoxy) is 1. The van der Waals surface area contributed by atoms with Gasteiger partial charge in [-0.1, -0.05) is 30.3 Å². The molecule has 1 aromatic carbocycles. The lowest BCUT2D eigenvalue weighted by Gasteiger charge is -2.10. The second kappa shape index (κ2) is 4.55. The Morgan fingerprint density at radius 3 is 2.60 bits per heavy atom. The zero-order chi connectivity index (χ0) is 10.7. The fraction of sp³-hybridized carbons (Fsp3) is 0.200. The predicted molar refractivity (Wildman–Crippen MR) is 57.3 cm³/mol. The summed E-state index contributed by atoms with van der Waals surface area (Å²) >= 11 is 3.13. The maximum atomic E-state index is 5.32. The highest BCUT2D eigenvalue weighted by molar-refractivity contribution is 9.10. The lowest BCUT2D eigenvalue weighted by atomic mass is 10.1. The number of nitrogens with zero attached hydrogens (tertiary/aromatic N) is 2. The van der Waals surface area contributed by atoms with Crippen molar-refractivity contribution in [3.05, 3.63) is 46.5 Å². The normalized spacial score (nSPS) is 12.7. The van der Waals surface area contributed by atoms with Gasteiger partial charge in [0.25, 0.3) is 5.89 Å². The van der Waals surface area contributed by atoms with Crippen LogP contribution in [0.25, 0.3) is 0 Å². The van der Waals surface area contributed by atoms with Crippen LogP contribution in [-0.4, -0.2) is 17.3 Å². The first-order valence-corrected chi connectivity index (χ1v) is 5.17. The molecule has 2 aromatic rings. The van der Waals surface area contributed by atoms with Crippen molar-refractivity contribution in [1.29, 1.82) is 0 Å². The van der Waals surface area contributed by atoms with E-state index < -0.39 is 0 Å². The van der Waals surface area contributed by atoms with Gasteiger partial charge in [-0.15, -0.1) is 0 Å². The van der Waals surface area contributed by atoms with Crippen molar-refractivity contribution in [3.8, 4) is 0 Å². The summed E-state index contributed by atoms with van der Waals surface area (Å²) in [5.74, 6) is 0.440. The van der Waals surface area contributed by atoms with Crippen LogP contribution in [0.1, 0.15) is 17.6 Å². The second-order valence-electron chi connectivity index (χ2n) is 2.93. The van der Waals surface area contributed by atoms with Gasteiger partial charge in [-0.25, -0.2) is 0 Å². The number of aromatic nitrogens is 2. The van der Waals surface area contributed by atoms with E-state index in [1.165, 1.54) is 0 Å². The van der Waals surface area contributed by atoms with Crippen LogP contribution in [0.4, 0.5) is 0 Å². The third-order valence-corrected chi connectivity index (χ3v) is 2.30. The Bertz CT molecular complexity index is 430. The van der Waals surface area contributed by atoms with Gasteiger partial charge >= 0.3 is 0 Å². The molecule has 15 heavy (non-hydrogen) atoms. The molecule has 0 radical (unpaired) electrons. The average molecular weight is 269 g/mol. The van der Waals surface area contributed by atoms with Crippen molar-refractivity contribution in [2.75, 3.05) is 7.11 Å². The van der Waals surface area contributed by atoms with Crippen molar-refractivity contribution in [3.63, 3.8) is 0 Å². The summed E-state index contributed by atoms with van der Waals surface area (Å²) in [5, 5.41) is 3.66. The summed E-state index contributed by atoms with van der Waals surface area (Å²) in [7, 11) is 1.61. The van der Waals surface area contributed by atoms with E-state index in [0.29, 0.717) is 10.6 Å². The lowest BCUT2D eigenvalue weighted by molar-refractivity contribution is 0.105. The van der Waals surface area contributed by atoms with E-state index in [4.69, 9.17) is 9.26 Å². The van der Waals surface area contributed by atoms with E-state index >= 15 is 0 Å². The standard InChI is InChI=1S/C10H9BrN2O2/c1-14-8(7-5-3-2-4-6-7)9-12-10(11)13-15-9/h2-6,8H,1H3. The van der Waals surface area contributed by atoms with E-state index in [1.807, 2.05) is 30.3 Å². The number of methoxy groups -OCH3 is 1. The summed E-state index contributed by atoms with van der Waals surface area (Å²) in [6, 6.07) is 9.72. The van der Waals surface area contributed by atoms with Gasteiger partial charge in [0.2, 0.25) is 4.73 Å². The molecule has 78 valence electrons. The summed E-state index contributed by atoms with van der Waals surface area (Å²) in [6.07, 6.45) is -0.315. The minimum Gasteiger partial charge on any atom is -0.367 e. The Kier molecular flexibility index (Phi) is 3.13. The van der Waals surface area contributed by atoms with Crippen molar-refractivity contribution in [2.24, 2.45) is 0 Å². The minimum absolute atomic E-state index is 0.315. The average Bonchev–Trinajstić information content (AvgIpc) is 2.68. The van der Waals surface area contributed by atoms with Gasteiger partial charge in [0.15, 0.2) is 6.10 Å². The van der Waals surface area contributed by atoms with E-state index in [1.54, 1.807) is 7.11 Å². The van der Waals surface area contributed by atoms with Crippen molar-refractivity contribution >= 4 is 15.9 Å². The number of halogens is 1. The van der Waals surface area contributed by atoms with Gasteiger partial charge in [0.1, 0.15) is 0 Å². The van der Waals surface area contributed by atoms with E-state index in [0.717, 1.165) is 5.56 Å². The van der Waals surface area contributed by atoms with Crippen molar-refractivity contribution in [1.82, 2.24) is 10.1 Å². The van der Waals surface area contributed by atoms with Crippen molar-refractivity contribution < 1.29 is 9.26 Å². The highest BCUT2D eigenvalue weighted by Gasteiger charge is 2.19. The van der Waals surface area contributed by atoms with E-state index in [9.17, 15) is 0 Å². The Balaban J connectivity index is 2.33. The highest BCUT2D eigenvalue weighted by atomic mass is 79.9. The van der Waals surface area contributed by atoms with Crippen LogP contribution in [-0.2, 0) is 4.74 Å². The molecule has 0 bridgehead atoms. The SMILES string of the molecule is COC(c1ccccc1)c1nc(Br)no1. The Morgan fingerprint density at radius 1 is 1.33 bits per heavy atom. The zero-order valence-corrected chi connectivity index (χ0v) is 9.64. The molecule has 1 heterocycles. The number of rotatable bonds is 3. The van der Waals surface area contributed by atoms with Crippen LogP contribution in [0.15, 0.2) is 39.6 Å². The molecule has 0 spiro atoms. The molecule has 0 saturated heterocycles. The molecule has 4 nitrogen and oxygen atoms in total. The second-order valence-corrected chi connectivity index (χ2v) is 3.64. The van der Waals surface area contributed by atoms with Gasteiger partial charge in [0, 0.05) is 7.11 Å². The molecule has 0 N–H and O–H groups in total. The molecule has 5 heteroatoms. The summed E-state index contributed by atoms with van der Waals surface area (Å²) < 4.78 is 10.8. The lowest BCUT2D eigenvalue weighted by Crippen LogP contribution is -2.03. The molecule has 0 saturated carbocycles. The first-order valence-electron chi connectivity index (χ1n) is 4.38. The van der Waals surface area contributed by atoms with Gasteiger partial charge in [-0.3, -0.25) is 0 Å². The Morgan fingerprint density at radius 2 is 2.07 bits per heavy atom. The molecule has 1 unspecified atom stereocenters. The summed E-state index contributed by atoms with van der Waals surface area (Å²) in [5.41, 5.74) is 0.983. The number of benzene rings is 1. The van der Waals surface area contributed by atoms with Crippen LogP contribution in [0.3, 0.4) is 0 Å². The molecule has 0 aliphatic heterocycles. The molecular weight excluding hydrogens is 260 g/mol. The quantitative estimate of drug-likeness (QED) is 0.859. The van der Waals surface area contributed by atoms with Gasteiger partial charge in [0.05, 0.1) is 0 Å². The third kappa shape index (κ3) is 2.24. The topological polar surface area (TPSA) is 48.2 Å². The van der Waals surface area contributed by atoms with E-state index in [2.05, 4.69) is 26.1 Å². The molecule has 0 aliphatic carbocycles. The maximum absolute atomic E-state index is 5.32. The first kappa shape index (κ1) is 10.3. The first-order chi connectivity index (χ1) is 7.31. The molecule has 1 atom stereocenters. The van der Waals surface area contributed by atoms with Crippen LogP contribution >= 0.6 is 15.9 Å². The third-order valence-electron chi connectivity index (χ3n) is 1.98. The molecule has 0 fully saturated rings. The van der Waals surface area contributed by atoms with Gasteiger partial charge < -0.3 is 9.26 Å². The molecule has 0 amide bonds. The number of hydrogen-bond acceptors (Lipinski definition) is 4. The van der Waals surface area contributed by atoms with Crippen LogP contribution < -0.4 is 0 Å². The van der Waals surface area contributed by atoms with Gasteiger partial charge in [-0.05, 0) is 26.7 Å².